The molecule has 8 nitrogen and oxygen atoms in total. The number of likely N-dealkylation sites (N-methyl/N-ethyl adjacent to an activating group) is 1. The van der Waals surface area contributed by atoms with Crippen LogP contribution in [0.15, 0.2) is 48.5 Å². The summed E-state index contributed by atoms with van der Waals surface area (Å²) in [5.41, 5.74) is -0.0109. The molecule has 0 saturated carbocycles. The van der Waals surface area contributed by atoms with Crippen molar-refractivity contribution in [2.45, 2.75) is 45.4 Å². The number of nitrogens with zero attached hydrogens (tertiary/aromatic N) is 2. The van der Waals surface area contributed by atoms with Crippen molar-refractivity contribution < 1.29 is 28.5 Å². The van der Waals surface area contributed by atoms with Crippen LogP contribution in [0.5, 0.6) is 17.2 Å². The summed E-state index contributed by atoms with van der Waals surface area (Å²) in [6.07, 6.45) is 0.718. The Balaban J connectivity index is 1.47. The van der Waals surface area contributed by atoms with Gasteiger partial charge in [0.15, 0.2) is 5.60 Å². The van der Waals surface area contributed by atoms with E-state index in [1.54, 1.807) is 57.0 Å². The summed E-state index contributed by atoms with van der Waals surface area (Å²) in [6, 6.07) is 15.0. The van der Waals surface area contributed by atoms with Gasteiger partial charge in [-0.25, -0.2) is 9.59 Å². The summed E-state index contributed by atoms with van der Waals surface area (Å²) >= 11 is 0. The molecular formula is C26H34N2O6. The number of ether oxygens (including phenoxy) is 4. The molecule has 34 heavy (non-hydrogen) atoms. The van der Waals surface area contributed by atoms with Crippen LogP contribution < -0.4 is 14.2 Å². The van der Waals surface area contributed by atoms with Crippen molar-refractivity contribution in [3.05, 3.63) is 54.1 Å². The molecule has 0 aliphatic carbocycles. The van der Waals surface area contributed by atoms with Crippen LogP contribution >= 0.6 is 0 Å². The molecule has 0 spiro atoms. The largest absolute Gasteiger partial charge is 0.497 e. The Hall–Kier alpha value is -3.42. The Morgan fingerprint density at radius 1 is 1.03 bits per heavy atom. The minimum Gasteiger partial charge on any atom is -0.497 e. The van der Waals surface area contributed by atoms with Gasteiger partial charge < -0.3 is 28.7 Å². The maximum atomic E-state index is 12.7. The van der Waals surface area contributed by atoms with Crippen LogP contribution in [0.2, 0.25) is 0 Å². The third-order valence-corrected chi connectivity index (χ3v) is 5.77. The van der Waals surface area contributed by atoms with Crippen LogP contribution in [0.3, 0.4) is 0 Å². The minimum atomic E-state index is -1.07. The fourth-order valence-electron chi connectivity index (χ4n) is 3.76. The van der Waals surface area contributed by atoms with Gasteiger partial charge in [-0.2, -0.15) is 0 Å². The lowest BCUT2D eigenvalue weighted by Gasteiger charge is -2.24. The van der Waals surface area contributed by atoms with E-state index in [0.717, 1.165) is 17.7 Å². The van der Waals surface area contributed by atoms with Gasteiger partial charge in [-0.05, 0) is 62.7 Å². The normalized spacial score (nSPS) is 15.9. The number of carbonyl (C=O) groups excluding carboxylic acids is 2. The Morgan fingerprint density at radius 2 is 1.65 bits per heavy atom. The quantitative estimate of drug-likeness (QED) is 0.460. The van der Waals surface area contributed by atoms with Crippen LogP contribution in [0.1, 0.15) is 32.8 Å². The molecule has 3 rings (SSSR count). The molecule has 1 fully saturated rings. The van der Waals surface area contributed by atoms with Crippen molar-refractivity contribution >= 4 is 12.0 Å². The van der Waals surface area contributed by atoms with Crippen molar-refractivity contribution in [1.82, 2.24) is 9.80 Å². The summed E-state index contributed by atoms with van der Waals surface area (Å²) in [5.74, 6) is 1.64. The maximum absolute atomic E-state index is 12.7. The number of carbonyl (C=O) groups is 2. The van der Waals surface area contributed by atoms with Gasteiger partial charge in [-0.1, -0.05) is 12.1 Å². The average Bonchev–Trinajstić information content (AvgIpc) is 3.08. The van der Waals surface area contributed by atoms with E-state index >= 15 is 0 Å². The lowest BCUT2D eigenvalue weighted by molar-refractivity contribution is -0.158. The Labute approximate surface area is 201 Å². The number of esters is 1. The van der Waals surface area contributed by atoms with Crippen molar-refractivity contribution in [2.75, 3.05) is 33.9 Å². The van der Waals surface area contributed by atoms with Crippen LogP contribution in [0.4, 0.5) is 4.79 Å². The molecule has 0 bridgehead atoms. The van der Waals surface area contributed by atoms with Gasteiger partial charge in [0.05, 0.1) is 26.4 Å². The highest BCUT2D eigenvalue weighted by Crippen LogP contribution is 2.24. The molecule has 1 saturated heterocycles. The first-order valence-electron chi connectivity index (χ1n) is 11.5. The Bertz CT molecular complexity index is 958. The molecule has 2 aromatic rings. The van der Waals surface area contributed by atoms with Crippen molar-refractivity contribution in [1.29, 1.82) is 0 Å². The first-order chi connectivity index (χ1) is 16.2. The second kappa shape index (κ2) is 11.1. The van der Waals surface area contributed by atoms with E-state index < -0.39 is 11.6 Å². The van der Waals surface area contributed by atoms with Crippen molar-refractivity contribution in [3.8, 4) is 17.2 Å². The first-order valence-corrected chi connectivity index (χ1v) is 11.5. The molecule has 2 aromatic carbocycles. The number of hydrogen-bond acceptors (Lipinski definition) is 6. The molecule has 1 heterocycles. The van der Waals surface area contributed by atoms with Gasteiger partial charge >= 0.3 is 12.0 Å². The van der Waals surface area contributed by atoms with Crippen LogP contribution in [-0.4, -0.2) is 67.4 Å². The van der Waals surface area contributed by atoms with Crippen molar-refractivity contribution in [3.63, 3.8) is 0 Å². The number of benzene rings is 2. The molecule has 1 aliphatic rings. The van der Waals surface area contributed by atoms with Crippen LogP contribution in [-0.2, 0) is 16.1 Å². The lowest BCUT2D eigenvalue weighted by atomic mass is 10.1. The Morgan fingerprint density at radius 3 is 2.26 bits per heavy atom. The molecule has 0 aromatic heterocycles. The summed E-state index contributed by atoms with van der Waals surface area (Å²) in [6.45, 7) is 7.11. The third-order valence-electron chi connectivity index (χ3n) is 5.77. The van der Waals surface area contributed by atoms with Gasteiger partial charge in [-0.15, -0.1) is 0 Å². The standard InChI is InChI=1S/C26H34N2O6/c1-6-32-24(29)26(2,3)34-23-13-11-22(12-14-23)33-16-15-20-18-28(25(30)27(20)4)17-19-7-9-21(31-5)10-8-19/h7-14,20H,6,15-18H2,1-5H3. The van der Waals surface area contributed by atoms with Crippen LogP contribution in [0.25, 0.3) is 0 Å². The van der Waals surface area contributed by atoms with Gasteiger partial charge in [0.1, 0.15) is 17.2 Å². The highest BCUT2D eigenvalue weighted by molar-refractivity contribution is 5.79. The van der Waals surface area contributed by atoms with Gasteiger partial charge in [0.25, 0.3) is 0 Å². The fourth-order valence-corrected chi connectivity index (χ4v) is 3.76. The second-order valence-corrected chi connectivity index (χ2v) is 8.72. The lowest BCUT2D eigenvalue weighted by Crippen LogP contribution is -2.39. The molecule has 1 aliphatic heterocycles. The highest BCUT2D eigenvalue weighted by Gasteiger charge is 2.34. The smallest absolute Gasteiger partial charge is 0.349 e. The summed E-state index contributed by atoms with van der Waals surface area (Å²) in [7, 11) is 3.47. The first kappa shape index (κ1) is 25.2. The maximum Gasteiger partial charge on any atom is 0.349 e. The van der Waals surface area contributed by atoms with Crippen LogP contribution in [0, 0.1) is 0 Å². The minimum absolute atomic E-state index is 0.0199. The number of rotatable bonds is 11. The zero-order chi connectivity index (χ0) is 24.7. The van der Waals surface area contributed by atoms with E-state index in [1.807, 2.05) is 36.2 Å². The number of methoxy groups -OCH3 is 1. The second-order valence-electron chi connectivity index (χ2n) is 8.72. The van der Waals surface area contributed by atoms with Gasteiger partial charge in [0, 0.05) is 26.6 Å². The topological polar surface area (TPSA) is 77.5 Å². The molecule has 8 heteroatoms. The van der Waals surface area contributed by atoms with Gasteiger partial charge in [0.2, 0.25) is 0 Å². The predicted octanol–water partition coefficient (Wildman–Crippen LogP) is 4.12. The molecule has 0 radical (unpaired) electrons. The fraction of sp³-hybridized carbons (Fsp3) is 0.462. The van der Waals surface area contributed by atoms with E-state index in [0.29, 0.717) is 37.8 Å². The average molecular weight is 471 g/mol. The predicted molar refractivity (Wildman–Crippen MR) is 128 cm³/mol. The zero-order valence-corrected chi connectivity index (χ0v) is 20.6. The van der Waals surface area contributed by atoms with E-state index in [4.69, 9.17) is 18.9 Å². The zero-order valence-electron chi connectivity index (χ0n) is 20.6. The number of amides is 2. The van der Waals surface area contributed by atoms with Crippen molar-refractivity contribution in [2.24, 2.45) is 0 Å². The van der Waals surface area contributed by atoms with E-state index in [9.17, 15) is 9.59 Å². The molecule has 184 valence electrons. The van der Waals surface area contributed by atoms with E-state index in [2.05, 4.69) is 0 Å². The number of urea groups is 1. The molecule has 1 unspecified atom stereocenters. The monoisotopic (exact) mass is 470 g/mol. The van der Waals surface area contributed by atoms with E-state index in [-0.39, 0.29) is 12.1 Å². The highest BCUT2D eigenvalue weighted by atomic mass is 16.6. The molecule has 2 amide bonds. The molecule has 0 N–H and O–H groups in total. The third kappa shape index (κ3) is 6.34. The summed E-state index contributed by atoms with van der Waals surface area (Å²) < 4.78 is 21.9. The molecule has 1 atom stereocenters. The Kier molecular flexibility index (Phi) is 8.26. The van der Waals surface area contributed by atoms with E-state index in [1.165, 1.54) is 0 Å². The SMILES string of the molecule is CCOC(=O)C(C)(C)Oc1ccc(OCCC2CN(Cc3ccc(OC)cc3)C(=O)N2C)cc1. The number of hydrogen-bond donors (Lipinski definition) is 0. The summed E-state index contributed by atoms with van der Waals surface area (Å²) in [4.78, 5) is 28.3. The van der Waals surface area contributed by atoms with Gasteiger partial charge in [-0.3, -0.25) is 0 Å². The molecular weight excluding hydrogens is 436 g/mol. The summed E-state index contributed by atoms with van der Waals surface area (Å²) in [5, 5.41) is 0.